The van der Waals surface area contributed by atoms with Crippen LogP contribution < -0.4 is 10.6 Å². The molecule has 3 rings (SSSR count). The van der Waals surface area contributed by atoms with Crippen LogP contribution in [0.2, 0.25) is 0 Å². The fraction of sp³-hybridized carbons (Fsp3) is 0.350. The average Bonchev–Trinajstić information content (AvgIpc) is 2.62. The zero-order valence-electron chi connectivity index (χ0n) is 14.4. The largest absolute Gasteiger partial charge is 0.352 e. The Bertz CT molecular complexity index is 663. The minimum absolute atomic E-state index is 0. The highest BCUT2D eigenvalue weighted by atomic mass is 35.5. The standard InChI is InChI=1S/C20H24N2OS.ClH/c1-15-13-17(11-12-21-15)20(23)22-14-16-7-9-19(10-8-16)24-18-5-3-2-4-6-18;/h2-10,15,17,21H,11-14H2,1H3,(H,22,23);1H/t15-,17-;/m0./s1. The van der Waals surface area contributed by atoms with E-state index in [1.165, 1.54) is 9.79 Å². The van der Waals surface area contributed by atoms with Crippen molar-refractivity contribution in [2.24, 2.45) is 5.92 Å². The van der Waals surface area contributed by atoms with Gasteiger partial charge in [-0.05, 0) is 56.1 Å². The molecule has 1 heterocycles. The van der Waals surface area contributed by atoms with Crippen LogP contribution in [0.3, 0.4) is 0 Å². The molecule has 1 saturated heterocycles. The summed E-state index contributed by atoms with van der Waals surface area (Å²) in [6, 6.07) is 19.2. The number of carbonyl (C=O) groups excluding carboxylic acids is 1. The summed E-state index contributed by atoms with van der Waals surface area (Å²) in [5.74, 6) is 0.334. The minimum atomic E-state index is 0. The molecule has 2 aromatic carbocycles. The molecule has 5 heteroatoms. The van der Waals surface area contributed by atoms with Crippen molar-refractivity contribution >= 4 is 30.1 Å². The lowest BCUT2D eigenvalue weighted by molar-refractivity contribution is -0.126. The van der Waals surface area contributed by atoms with Gasteiger partial charge in [-0.25, -0.2) is 0 Å². The van der Waals surface area contributed by atoms with E-state index in [0.717, 1.165) is 24.9 Å². The first-order chi connectivity index (χ1) is 11.7. The van der Waals surface area contributed by atoms with Gasteiger partial charge in [0.25, 0.3) is 0 Å². The van der Waals surface area contributed by atoms with Gasteiger partial charge in [-0.1, -0.05) is 42.1 Å². The summed E-state index contributed by atoms with van der Waals surface area (Å²) in [5, 5.41) is 6.47. The van der Waals surface area contributed by atoms with Crippen molar-refractivity contribution in [3.8, 4) is 0 Å². The lowest BCUT2D eigenvalue weighted by atomic mass is 9.92. The fourth-order valence-electron chi connectivity index (χ4n) is 3.00. The maximum Gasteiger partial charge on any atom is 0.223 e. The van der Waals surface area contributed by atoms with E-state index in [-0.39, 0.29) is 24.2 Å². The molecule has 2 atom stereocenters. The van der Waals surface area contributed by atoms with E-state index in [2.05, 4.69) is 54.0 Å². The zero-order valence-corrected chi connectivity index (χ0v) is 16.0. The molecule has 1 fully saturated rings. The quantitative estimate of drug-likeness (QED) is 0.819. The number of halogens is 1. The zero-order chi connectivity index (χ0) is 16.8. The molecule has 2 N–H and O–H groups in total. The molecule has 2 aromatic rings. The molecule has 0 spiro atoms. The predicted molar refractivity (Wildman–Crippen MR) is 106 cm³/mol. The summed E-state index contributed by atoms with van der Waals surface area (Å²) in [6.07, 6.45) is 1.86. The number of amides is 1. The van der Waals surface area contributed by atoms with E-state index in [4.69, 9.17) is 0 Å². The van der Waals surface area contributed by atoms with Crippen molar-refractivity contribution in [2.75, 3.05) is 6.54 Å². The summed E-state index contributed by atoms with van der Waals surface area (Å²) in [6.45, 7) is 3.68. The second kappa shape index (κ2) is 9.85. The van der Waals surface area contributed by atoms with E-state index in [1.54, 1.807) is 11.8 Å². The van der Waals surface area contributed by atoms with Crippen molar-refractivity contribution < 1.29 is 4.79 Å². The van der Waals surface area contributed by atoms with Crippen LogP contribution in [0.25, 0.3) is 0 Å². The number of carbonyl (C=O) groups is 1. The number of rotatable bonds is 5. The van der Waals surface area contributed by atoms with Crippen LogP contribution in [0.5, 0.6) is 0 Å². The Morgan fingerprint density at radius 3 is 2.48 bits per heavy atom. The van der Waals surface area contributed by atoms with Gasteiger partial charge in [0.15, 0.2) is 0 Å². The molecule has 134 valence electrons. The second-order valence-corrected chi connectivity index (χ2v) is 7.50. The summed E-state index contributed by atoms with van der Waals surface area (Å²) < 4.78 is 0. The van der Waals surface area contributed by atoms with E-state index >= 15 is 0 Å². The maximum atomic E-state index is 12.3. The number of hydrogen-bond acceptors (Lipinski definition) is 3. The smallest absolute Gasteiger partial charge is 0.223 e. The van der Waals surface area contributed by atoms with Gasteiger partial charge in [0.1, 0.15) is 0 Å². The van der Waals surface area contributed by atoms with Crippen LogP contribution in [-0.2, 0) is 11.3 Å². The third-order valence-electron chi connectivity index (χ3n) is 4.36. The average molecular weight is 377 g/mol. The van der Waals surface area contributed by atoms with Crippen molar-refractivity contribution in [1.29, 1.82) is 0 Å². The van der Waals surface area contributed by atoms with E-state index in [0.29, 0.717) is 12.6 Å². The van der Waals surface area contributed by atoms with Crippen LogP contribution in [0.1, 0.15) is 25.3 Å². The topological polar surface area (TPSA) is 41.1 Å². The first-order valence-corrected chi connectivity index (χ1v) is 9.35. The van der Waals surface area contributed by atoms with E-state index < -0.39 is 0 Å². The van der Waals surface area contributed by atoms with Gasteiger partial charge in [-0.3, -0.25) is 4.79 Å². The monoisotopic (exact) mass is 376 g/mol. The van der Waals surface area contributed by atoms with Crippen molar-refractivity contribution in [1.82, 2.24) is 10.6 Å². The van der Waals surface area contributed by atoms with Gasteiger partial charge >= 0.3 is 0 Å². The number of nitrogens with one attached hydrogen (secondary N) is 2. The minimum Gasteiger partial charge on any atom is -0.352 e. The molecule has 0 aliphatic carbocycles. The highest BCUT2D eigenvalue weighted by Crippen LogP contribution is 2.27. The molecule has 1 aliphatic heterocycles. The normalized spacial score (nSPS) is 19.7. The van der Waals surface area contributed by atoms with Gasteiger partial charge in [-0.2, -0.15) is 0 Å². The molecule has 1 amide bonds. The van der Waals surface area contributed by atoms with Crippen LogP contribution in [-0.4, -0.2) is 18.5 Å². The Hall–Kier alpha value is -1.49. The maximum absolute atomic E-state index is 12.3. The molecule has 1 aliphatic rings. The molecule has 3 nitrogen and oxygen atoms in total. The van der Waals surface area contributed by atoms with E-state index in [1.807, 2.05) is 18.2 Å². The summed E-state index contributed by atoms with van der Waals surface area (Å²) in [7, 11) is 0. The van der Waals surface area contributed by atoms with Gasteiger partial charge in [-0.15, -0.1) is 12.4 Å². The lowest BCUT2D eigenvalue weighted by Crippen LogP contribution is -2.42. The number of benzene rings is 2. The van der Waals surface area contributed by atoms with Gasteiger partial charge in [0, 0.05) is 28.3 Å². The van der Waals surface area contributed by atoms with Gasteiger partial charge in [0.2, 0.25) is 5.91 Å². The van der Waals surface area contributed by atoms with Crippen molar-refractivity contribution in [3.05, 3.63) is 60.2 Å². The van der Waals surface area contributed by atoms with Crippen LogP contribution in [0.4, 0.5) is 0 Å². The predicted octanol–water partition coefficient (Wildman–Crippen LogP) is 4.26. The summed E-state index contributed by atoms with van der Waals surface area (Å²) >= 11 is 1.75. The third kappa shape index (κ3) is 6.07. The molecule has 0 unspecified atom stereocenters. The fourth-order valence-corrected chi connectivity index (χ4v) is 3.84. The Balaban J connectivity index is 0.00000225. The SMILES string of the molecule is C[C@H]1C[C@@H](C(=O)NCc2ccc(Sc3ccccc3)cc2)CCN1.Cl. The highest BCUT2D eigenvalue weighted by molar-refractivity contribution is 7.99. The van der Waals surface area contributed by atoms with Crippen molar-refractivity contribution in [2.45, 2.75) is 42.1 Å². The molecule has 25 heavy (non-hydrogen) atoms. The Kier molecular flexibility index (Phi) is 7.82. The molecule has 0 bridgehead atoms. The van der Waals surface area contributed by atoms with Crippen LogP contribution in [0, 0.1) is 5.92 Å². The van der Waals surface area contributed by atoms with Crippen LogP contribution >= 0.6 is 24.2 Å². The summed E-state index contributed by atoms with van der Waals surface area (Å²) in [4.78, 5) is 14.7. The molecular formula is C20H25ClN2OS. The molecular weight excluding hydrogens is 352 g/mol. The highest BCUT2D eigenvalue weighted by Gasteiger charge is 2.24. The number of piperidine rings is 1. The second-order valence-electron chi connectivity index (χ2n) is 6.35. The Labute approximate surface area is 160 Å². The first kappa shape index (κ1) is 19.8. The number of hydrogen-bond donors (Lipinski definition) is 2. The van der Waals surface area contributed by atoms with Gasteiger partial charge in [0.05, 0.1) is 0 Å². The first-order valence-electron chi connectivity index (χ1n) is 8.53. The molecule has 0 aromatic heterocycles. The third-order valence-corrected chi connectivity index (χ3v) is 5.38. The lowest BCUT2D eigenvalue weighted by Gasteiger charge is -2.27. The van der Waals surface area contributed by atoms with Crippen molar-refractivity contribution in [3.63, 3.8) is 0 Å². The Morgan fingerprint density at radius 1 is 1.12 bits per heavy atom. The van der Waals surface area contributed by atoms with E-state index in [9.17, 15) is 4.79 Å². The molecule has 0 radical (unpaired) electrons. The van der Waals surface area contributed by atoms with Crippen LogP contribution in [0.15, 0.2) is 64.4 Å². The Morgan fingerprint density at radius 2 is 1.80 bits per heavy atom. The molecule has 0 saturated carbocycles. The summed E-state index contributed by atoms with van der Waals surface area (Å²) in [5.41, 5.74) is 1.14. The van der Waals surface area contributed by atoms with Gasteiger partial charge < -0.3 is 10.6 Å².